The van der Waals surface area contributed by atoms with E-state index in [2.05, 4.69) is 5.32 Å². The number of benzene rings is 1. The van der Waals surface area contributed by atoms with Crippen molar-refractivity contribution in [2.75, 3.05) is 13.7 Å². The Kier molecular flexibility index (Phi) is 6.97. The Bertz CT molecular complexity index is 919. The number of hydrogen-bond acceptors (Lipinski definition) is 5. The van der Waals surface area contributed by atoms with Gasteiger partial charge in [0, 0.05) is 6.04 Å². The molecular weight excluding hydrogens is 392 g/mol. The van der Waals surface area contributed by atoms with Gasteiger partial charge >= 0.3 is 0 Å². The molecule has 3 rings (SSSR count). The smallest absolute Gasteiger partial charge is 0.247 e. The molecule has 1 aliphatic rings. The number of rotatable bonds is 8. The highest BCUT2D eigenvalue weighted by molar-refractivity contribution is 7.89. The van der Waals surface area contributed by atoms with Crippen LogP contribution < -0.4 is 10.1 Å². The fourth-order valence-electron chi connectivity index (χ4n) is 3.69. The molecule has 0 aliphatic heterocycles. The van der Waals surface area contributed by atoms with Crippen molar-refractivity contribution < 1.29 is 22.4 Å². The van der Waals surface area contributed by atoms with Gasteiger partial charge in [-0.05, 0) is 49.6 Å². The second kappa shape index (κ2) is 9.45. The average Bonchev–Trinajstić information content (AvgIpc) is 3.24. The summed E-state index contributed by atoms with van der Waals surface area (Å²) >= 11 is 0. The molecule has 0 spiro atoms. The molecule has 1 amide bonds. The molecule has 0 saturated heterocycles. The van der Waals surface area contributed by atoms with E-state index in [4.69, 9.17) is 9.15 Å². The zero-order valence-electron chi connectivity index (χ0n) is 16.9. The molecule has 1 aromatic heterocycles. The largest absolute Gasteiger partial charge is 0.495 e. The first-order valence-electron chi connectivity index (χ1n) is 9.87. The number of methoxy groups -OCH3 is 1. The van der Waals surface area contributed by atoms with E-state index in [1.54, 1.807) is 30.3 Å². The number of sulfonamides is 1. The highest BCUT2D eigenvalue weighted by Crippen LogP contribution is 2.32. The normalized spacial score (nSPS) is 15.4. The van der Waals surface area contributed by atoms with Crippen molar-refractivity contribution in [3.05, 3.63) is 47.9 Å². The van der Waals surface area contributed by atoms with E-state index < -0.39 is 10.0 Å². The second-order valence-corrected chi connectivity index (χ2v) is 9.21. The van der Waals surface area contributed by atoms with Gasteiger partial charge < -0.3 is 14.5 Å². The van der Waals surface area contributed by atoms with Crippen molar-refractivity contribution in [2.24, 2.45) is 0 Å². The predicted octanol–water partition coefficient (Wildman–Crippen LogP) is 3.24. The minimum Gasteiger partial charge on any atom is -0.495 e. The molecule has 1 aliphatic carbocycles. The number of carbonyl (C=O) groups is 1. The number of aryl methyl sites for hydroxylation is 1. The maximum atomic E-state index is 13.6. The van der Waals surface area contributed by atoms with Crippen LogP contribution in [0.4, 0.5) is 0 Å². The molecule has 1 heterocycles. The third-order valence-electron chi connectivity index (χ3n) is 5.23. The fraction of sp³-hybridized carbons (Fsp3) is 0.476. The number of ether oxygens (including phenoxy) is 1. The van der Waals surface area contributed by atoms with Crippen molar-refractivity contribution in [1.29, 1.82) is 0 Å². The van der Waals surface area contributed by atoms with Gasteiger partial charge in [0.25, 0.3) is 0 Å². The van der Waals surface area contributed by atoms with Crippen molar-refractivity contribution in [3.63, 3.8) is 0 Å². The number of amides is 1. The molecule has 1 N–H and O–H groups in total. The summed E-state index contributed by atoms with van der Waals surface area (Å²) in [5, 5.41) is 2.75. The van der Waals surface area contributed by atoms with Crippen molar-refractivity contribution >= 4 is 15.9 Å². The Balaban J connectivity index is 1.86. The number of nitrogens with zero attached hydrogens (tertiary/aromatic N) is 1. The van der Waals surface area contributed by atoms with Crippen LogP contribution in [-0.2, 0) is 21.4 Å². The Morgan fingerprint density at radius 1 is 1.24 bits per heavy atom. The first kappa shape index (κ1) is 21.4. The van der Waals surface area contributed by atoms with Gasteiger partial charge in [-0.15, -0.1) is 0 Å². The van der Waals surface area contributed by atoms with E-state index in [9.17, 15) is 13.2 Å². The molecule has 7 nitrogen and oxygen atoms in total. The van der Waals surface area contributed by atoms with E-state index in [1.807, 2.05) is 6.92 Å². The van der Waals surface area contributed by atoms with E-state index in [0.717, 1.165) is 37.7 Å². The molecule has 1 fully saturated rings. The van der Waals surface area contributed by atoms with Gasteiger partial charge in [0.2, 0.25) is 15.9 Å². The van der Waals surface area contributed by atoms with E-state index in [-0.39, 0.29) is 35.7 Å². The molecule has 1 aromatic carbocycles. The van der Waals surface area contributed by atoms with Gasteiger partial charge in [-0.2, -0.15) is 4.31 Å². The number of carbonyl (C=O) groups excluding carboxylic acids is 1. The van der Waals surface area contributed by atoms with Crippen LogP contribution in [0.25, 0.3) is 0 Å². The molecule has 0 atom stereocenters. The predicted molar refractivity (Wildman–Crippen MR) is 109 cm³/mol. The minimum atomic E-state index is -3.91. The van der Waals surface area contributed by atoms with E-state index >= 15 is 0 Å². The van der Waals surface area contributed by atoms with Crippen molar-refractivity contribution in [1.82, 2.24) is 9.62 Å². The molecule has 1 saturated carbocycles. The first-order chi connectivity index (χ1) is 13.9. The van der Waals surface area contributed by atoms with Gasteiger partial charge in [0.05, 0.1) is 26.5 Å². The molecule has 8 heteroatoms. The molecule has 0 unspecified atom stereocenters. The topological polar surface area (TPSA) is 88.9 Å². The van der Waals surface area contributed by atoms with Gasteiger partial charge in [0.1, 0.15) is 16.4 Å². The standard InChI is InChI=1S/C21H28N2O5S/c1-16-10-11-19(27-2)20(13-16)29(25,26)23(17-7-4-3-5-8-17)15-21(24)22-14-18-9-6-12-28-18/h6,9-13,17H,3-5,7-8,14-15H2,1-2H3,(H,22,24). The monoisotopic (exact) mass is 420 g/mol. The Morgan fingerprint density at radius 3 is 2.66 bits per heavy atom. The summed E-state index contributed by atoms with van der Waals surface area (Å²) in [4.78, 5) is 12.7. The zero-order chi connectivity index (χ0) is 20.9. The molecule has 2 aromatic rings. The summed E-state index contributed by atoms with van der Waals surface area (Å²) < 4.78 is 39.0. The van der Waals surface area contributed by atoms with Gasteiger partial charge in [-0.1, -0.05) is 25.3 Å². The highest BCUT2D eigenvalue weighted by Gasteiger charge is 2.35. The van der Waals surface area contributed by atoms with Crippen LogP contribution in [0.5, 0.6) is 5.75 Å². The van der Waals surface area contributed by atoms with Crippen molar-refractivity contribution in [3.8, 4) is 5.75 Å². The lowest BCUT2D eigenvalue weighted by atomic mass is 9.95. The van der Waals surface area contributed by atoms with E-state index in [1.165, 1.54) is 17.7 Å². The summed E-state index contributed by atoms with van der Waals surface area (Å²) in [7, 11) is -2.46. The molecular formula is C21H28N2O5S. The van der Waals surface area contributed by atoms with Gasteiger partial charge in [-0.3, -0.25) is 4.79 Å². The summed E-state index contributed by atoms with van der Waals surface area (Å²) in [5.74, 6) is 0.542. The van der Waals surface area contributed by atoms with Gasteiger partial charge in [-0.25, -0.2) is 8.42 Å². The third-order valence-corrected chi connectivity index (χ3v) is 7.15. The van der Waals surface area contributed by atoms with Crippen molar-refractivity contribution in [2.45, 2.75) is 56.5 Å². The van der Waals surface area contributed by atoms with E-state index in [0.29, 0.717) is 5.76 Å². The molecule has 0 bridgehead atoms. The van der Waals surface area contributed by atoms with Gasteiger partial charge in [0.15, 0.2) is 0 Å². The lowest BCUT2D eigenvalue weighted by Gasteiger charge is -2.33. The van der Waals surface area contributed by atoms with Crippen LogP contribution in [0.3, 0.4) is 0 Å². The Hall–Kier alpha value is -2.32. The highest BCUT2D eigenvalue weighted by atomic mass is 32.2. The van der Waals surface area contributed by atoms with Crippen LogP contribution in [0, 0.1) is 6.92 Å². The SMILES string of the molecule is COc1ccc(C)cc1S(=O)(=O)N(CC(=O)NCc1ccco1)C1CCCCC1. The summed E-state index contributed by atoms with van der Waals surface area (Å²) in [6.07, 6.45) is 6.02. The lowest BCUT2D eigenvalue weighted by molar-refractivity contribution is -0.122. The Labute approximate surface area is 172 Å². The zero-order valence-corrected chi connectivity index (χ0v) is 17.7. The summed E-state index contributed by atoms with van der Waals surface area (Å²) in [6, 6.07) is 8.35. The fourth-order valence-corrected chi connectivity index (χ4v) is 5.57. The van der Waals surface area contributed by atoms with Crippen LogP contribution in [-0.4, -0.2) is 38.3 Å². The van der Waals surface area contributed by atoms with Crippen LogP contribution in [0.2, 0.25) is 0 Å². The number of hydrogen-bond donors (Lipinski definition) is 1. The van der Waals surface area contributed by atoms with Crippen LogP contribution in [0.15, 0.2) is 45.9 Å². The summed E-state index contributed by atoms with van der Waals surface area (Å²) in [5.41, 5.74) is 0.815. The maximum absolute atomic E-state index is 13.6. The second-order valence-electron chi connectivity index (χ2n) is 7.35. The maximum Gasteiger partial charge on any atom is 0.247 e. The average molecular weight is 421 g/mol. The minimum absolute atomic E-state index is 0.101. The first-order valence-corrected chi connectivity index (χ1v) is 11.3. The Morgan fingerprint density at radius 2 is 2.00 bits per heavy atom. The molecule has 0 radical (unpaired) electrons. The third kappa shape index (κ3) is 5.19. The quantitative estimate of drug-likeness (QED) is 0.708. The molecule has 158 valence electrons. The summed E-state index contributed by atoms with van der Waals surface area (Å²) in [6.45, 7) is 1.82. The van der Waals surface area contributed by atoms with Crippen LogP contribution in [0.1, 0.15) is 43.4 Å². The van der Waals surface area contributed by atoms with Crippen LogP contribution >= 0.6 is 0 Å². The number of nitrogens with one attached hydrogen (secondary N) is 1. The number of furan rings is 1. The molecule has 29 heavy (non-hydrogen) atoms. The lowest BCUT2D eigenvalue weighted by Crippen LogP contribution is -2.47.